The Morgan fingerprint density at radius 3 is 2.48 bits per heavy atom. The molecule has 4 nitrogen and oxygen atoms in total. The lowest BCUT2D eigenvalue weighted by Crippen LogP contribution is -2.27. The number of rotatable bonds is 3. The number of aromatic hydroxyl groups is 1. The number of nitrogens with two attached hydrogens (primary N) is 1. The molecule has 0 unspecified atom stereocenters. The number of benzene rings is 2. The molecule has 0 saturated carbocycles. The first-order valence-corrected chi connectivity index (χ1v) is 6.16. The van der Waals surface area contributed by atoms with E-state index in [0.717, 1.165) is 17.7 Å². The van der Waals surface area contributed by atoms with Gasteiger partial charge < -0.3 is 15.7 Å². The van der Waals surface area contributed by atoms with Crippen molar-refractivity contribution in [3.63, 3.8) is 0 Å². The van der Waals surface area contributed by atoms with E-state index in [2.05, 4.69) is 0 Å². The molecule has 2 rings (SSSR count). The van der Waals surface area contributed by atoms with Crippen LogP contribution in [0.5, 0.6) is 5.75 Å². The van der Waals surface area contributed by atoms with Crippen LogP contribution in [-0.2, 0) is 6.54 Å². The average Bonchev–Trinajstić information content (AvgIpc) is 2.44. The summed E-state index contributed by atoms with van der Waals surface area (Å²) in [6, 6.07) is 7.88. The summed E-state index contributed by atoms with van der Waals surface area (Å²) < 4.78 is 27.1. The molecule has 3 N–H and O–H groups in total. The molecule has 0 saturated heterocycles. The van der Waals surface area contributed by atoms with Crippen LogP contribution in [0.25, 0.3) is 0 Å². The van der Waals surface area contributed by atoms with E-state index in [-0.39, 0.29) is 12.3 Å². The molecule has 0 aliphatic heterocycles. The molecule has 6 heteroatoms. The van der Waals surface area contributed by atoms with Gasteiger partial charge in [0.1, 0.15) is 11.6 Å². The second-order valence-electron chi connectivity index (χ2n) is 4.68. The maximum atomic E-state index is 13.8. The number of nitrogens with zero attached hydrogens (tertiary/aromatic N) is 1. The van der Waals surface area contributed by atoms with Crippen molar-refractivity contribution in [3.8, 4) is 5.75 Å². The quantitative estimate of drug-likeness (QED) is 0.854. The monoisotopic (exact) mass is 292 g/mol. The van der Waals surface area contributed by atoms with E-state index in [1.54, 1.807) is 12.1 Å². The molecule has 110 valence electrons. The maximum absolute atomic E-state index is 13.8. The minimum atomic E-state index is -0.932. The lowest BCUT2D eigenvalue weighted by molar-refractivity contribution is 0.0780. The molecule has 0 fully saturated rings. The number of hydrogen-bond acceptors (Lipinski definition) is 3. The van der Waals surface area contributed by atoms with Crippen molar-refractivity contribution in [2.45, 2.75) is 6.54 Å². The summed E-state index contributed by atoms with van der Waals surface area (Å²) >= 11 is 0. The molecular formula is C15H14F2N2O2. The number of anilines is 1. The maximum Gasteiger partial charge on any atom is 0.257 e. The second-order valence-corrected chi connectivity index (χ2v) is 4.68. The van der Waals surface area contributed by atoms with Crippen molar-refractivity contribution in [1.29, 1.82) is 0 Å². The molecule has 0 radical (unpaired) electrons. The van der Waals surface area contributed by atoms with Gasteiger partial charge >= 0.3 is 0 Å². The Kier molecular flexibility index (Phi) is 4.07. The molecule has 2 aromatic rings. The number of hydrogen-bond donors (Lipinski definition) is 2. The number of carbonyl (C=O) groups is 1. The normalized spacial score (nSPS) is 10.4. The molecule has 0 aliphatic carbocycles. The predicted octanol–water partition coefficient (Wildman–Crippen LogP) is 2.52. The van der Waals surface area contributed by atoms with Gasteiger partial charge in [-0.3, -0.25) is 4.79 Å². The summed E-state index contributed by atoms with van der Waals surface area (Å²) in [7, 11) is 1.47. The lowest BCUT2D eigenvalue weighted by Gasteiger charge is -2.18. The SMILES string of the molecule is CN(Cc1ccc(O)cc1)C(=O)c1cc(F)cc(N)c1F. The van der Waals surface area contributed by atoms with E-state index in [1.165, 1.54) is 24.1 Å². The lowest BCUT2D eigenvalue weighted by atomic mass is 10.1. The topological polar surface area (TPSA) is 66.6 Å². The highest BCUT2D eigenvalue weighted by Gasteiger charge is 2.19. The predicted molar refractivity (Wildman–Crippen MR) is 74.7 cm³/mol. The van der Waals surface area contributed by atoms with Gasteiger partial charge in [0.25, 0.3) is 5.91 Å². The first-order valence-electron chi connectivity index (χ1n) is 6.16. The fraction of sp³-hybridized carbons (Fsp3) is 0.133. The first-order chi connectivity index (χ1) is 9.88. The van der Waals surface area contributed by atoms with Gasteiger partial charge in [-0.1, -0.05) is 12.1 Å². The summed E-state index contributed by atoms with van der Waals surface area (Å²) in [5.41, 5.74) is 5.24. The summed E-state index contributed by atoms with van der Waals surface area (Å²) in [5, 5.41) is 9.19. The van der Waals surface area contributed by atoms with Gasteiger partial charge in [0, 0.05) is 13.6 Å². The highest BCUT2D eigenvalue weighted by molar-refractivity contribution is 5.95. The van der Waals surface area contributed by atoms with E-state index in [1.807, 2.05) is 0 Å². The van der Waals surface area contributed by atoms with E-state index in [9.17, 15) is 18.7 Å². The van der Waals surface area contributed by atoms with Gasteiger partial charge in [-0.15, -0.1) is 0 Å². The third-order valence-corrected chi connectivity index (χ3v) is 3.00. The molecule has 21 heavy (non-hydrogen) atoms. The molecule has 0 bridgehead atoms. The number of carbonyl (C=O) groups excluding carboxylic acids is 1. The summed E-state index contributed by atoms with van der Waals surface area (Å²) in [6.45, 7) is 0.189. The van der Waals surface area contributed by atoms with Crippen LogP contribution >= 0.6 is 0 Å². The average molecular weight is 292 g/mol. The first kappa shape index (κ1) is 14.8. The zero-order chi connectivity index (χ0) is 15.6. The number of amides is 1. The van der Waals surface area contributed by atoms with Gasteiger partial charge in [-0.2, -0.15) is 0 Å². The molecule has 0 spiro atoms. The number of phenols is 1. The zero-order valence-corrected chi connectivity index (χ0v) is 11.3. The second kappa shape index (κ2) is 5.78. The van der Waals surface area contributed by atoms with Crippen LogP contribution in [0.1, 0.15) is 15.9 Å². The zero-order valence-electron chi connectivity index (χ0n) is 11.3. The van der Waals surface area contributed by atoms with E-state index >= 15 is 0 Å². The number of nitrogen functional groups attached to an aromatic ring is 1. The highest BCUT2D eigenvalue weighted by Crippen LogP contribution is 2.20. The van der Waals surface area contributed by atoms with Crippen LogP contribution in [-0.4, -0.2) is 23.0 Å². The van der Waals surface area contributed by atoms with Gasteiger partial charge in [-0.25, -0.2) is 8.78 Å². The van der Waals surface area contributed by atoms with Crippen molar-refractivity contribution in [2.24, 2.45) is 0 Å². The van der Waals surface area contributed by atoms with E-state index in [0.29, 0.717) is 0 Å². The van der Waals surface area contributed by atoms with Gasteiger partial charge in [0.15, 0.2) is 5.82 Å². The third-order valence-electron chi connectivity index (χ3n) is 3.00. The van der Waals surface area contributed by atoms with Crippen molar-refractivity contribution < 1.29 is 18.7 Å². The van der Waals surface area contributed by atoms with E-state index in [4.69, 9.17) is 5.73 Å². The summed E-state index contributed by atoms with van der Waals surface area (Å²) in [5.74, 6) is -2.27. The summed E-state index contributed by atoms with van der Waals surface area (Å²) in [6.07, 6.45) is 0. The Morgan fingerprint density at radius 1 is 1.24 bits per heavy atom. The molecule has 1 amide bonds. The van der Waals surface area contributed by atoms with Crippen LogP contribution in [0.3, 0.4) is 0 Å². The Balaban J connectivity index is 2.21. The van der Waals surface area contributed by atoms with Crippen LogP contribution in [0, 0.1) is 11.6 Å². The molecule has 0 aromatic heterocycles. The molecule has 0 heterocycles. The molecule has 0 atom stereocenters. The Morgan fingerprint density at radius 2 is 1.86 bits per heavy atom. The van der Waals surface area contributed by atoms with Crippen molar-refractivity contribution >= 4 is 11.6 Å². The minimum Gasteiger partial charge on any atom is -0.508 e. The van der Waals surface area contributed by atoms with Crippen LogP contribution < -0.4 is 5.73 Å². The van der Waals surface area contributed by atoms with Crippen LogP contribution in [0.2, 0.25) is 0 Å². The van der Waals surface area contributed by atoms with Crippen molar-refractivity contribution in [2.75, 3.05) is 12.8 Å². The van der Waals surface area contributed by atoms with Crippen molar-refractivity contribution in [3.05, 3.63) is 59.2 Å². The van der Waals surface area contributed by atoms with Gasteiger partial charge in [0.2, 0.25) is 0 Å². The van der Waals surface area contributed by atoms with Gasteiger partial charge in [0.05, 0.1) is 11.3 Å². The molecular weight excluding hydrogens is 278 g/mol. The largest absolute Gasteiger partial charge is 0.508 e. The smallest absolute Gasteiger partial charge is 0.257 e. The van der Waals surface area contributed by atoms with Crippen LogP contribution in [0.15, 0.2) is 36.4 Å². The highest BCUT2D eigenvalue weighted by atomic mass is 19.1. The third kappa shape index (κ3) is 3.28. The Bertz CT molecular complexity index is 672. The minimum absolute atomic E-state index is 0.108. The van der Waals surface area contributed by atoms with Crippen molar-refractivity contribution in [1.82, 2.24) is 4.90 Å². The number of halogens is 2. The fourth-order valence-electron chi connectivity index (χ4n) is 1.92. The van der Waals surface area contributed by atoms with Crippen LogP contribution in [0.4, 0.5) is 14.5 Å². The Labute approximate surface area is 120 Å². The van der Waals surface area contributed by atoms with E-state index < -0.39 is 28.8 Å². The molecule has 2 aromatic carbocycles. The van der Waals surface area contributed by atoms with Gasteiger partial charge in [-0.05, 0) is 29.8 Å². The fourth-order valence-corrected chi connectivity index (χ4v) is 1.92. The summed E-state index contributed by atoms with van der Waals surface area (Å²) in [4.78, 5) is 13.4. The standard InChI is InChI=1S/C15H14F2N2O2/c1-19(8-9-2-4-11(20)5-3-9)15(21)12-6-10(16)7-13(18)14(12)17/h2-7,20H,8,18H2,1H3. The number of phenolic OH excluding ortho intramolecular Hbond substituents is 1. The molecule has 0 aliphatic rings. The Hall–Kier alpha value is -2.63.